The highest BCUT2D eigenvalue weighted by Gasteiger charge is 2.36. The first kappa shape index (κ1) is 17.7. The molecular weight excluding hydrogens is 295 g/mol. The molecule has 5 nitrogen and oxygen atoms in total. The molecule has 0 unspecified atom stereocenters. The zero-order valence-electron chi connectivity index (χ0n) is 14.1. The van der Waals surface area contributed by atoms with E-state index >= 15 is 0 Å². The number of ether oxygens (including phenoxy) is 1. The maximum absolute atomic E-state index is 13.6. The quantitative estimate of drug-likeness (QED) is 0.570. The molecule has 0 radical (unpaired) electrons. The summed E-state index contributed by atoms with van der Waals surface area (Å²) in [6.45, 7) is 4.67. The van der Waals surface area contributed by atoms with Crippen LogP contribution in [0.2, 0.25) is 0 Å². The first-order valence-corrected chi connectivity index (χ1v) is 8.29. The lowest BCUT2D eigenvalue weighted by Crippen LogP contribution is -2.47. The average Bonchev–Trinajstić information content (AvgIpc) is 2.52. The van der Waals surface area contributed by atoms with Crippen LogP contribution < -0.4 is 10.6 Å². The molecule has 0 aromatic carbocycles. The summed E-state index contributed by atoms with van der Waals surface area (Å²) in [7, 11) is 1.74. The van der Waals surface area contributed by atoms with E-state index in [0.717, 1.165) is 26.1 Å². The zero-order valence-corrected chi connectivity index (χ0v) is 14.1. The highest BCUT2D eigenvalue weighted by Crippen LogP contribution is 2.43. The minimum absolute atomic E-state index is 0.229. The van der Waals surface area contributed by atoms with Crippen LogP contribution in [0.25, 0.3) is 0 Å². The van der Waals surface area contributed by atoms with Gasteiger partial charge in [0.15, 0.2) is 5.96 Å². The fraction of sp³-hybridized carbons (Fsp3) is 0.647. The Morgan fingerprint density at radius 3 is 2.87 bits per heavy atom. The first-order chi connectivity index (χ1) is 11.2. The van der Waals surface area contributed by atoms with Crippen LogP contribution in [-0.2, 0) is 11.3 Å². The van der Waals surface area contributed by atoms with Crippen LogP contribution in [0, 0.1) is 11.2 Å². The Balaban J connectivity index is 1.92. The van der Waals surface area contributed by atoms with E-state index in [0.29, 0.717) is 17.1 Å². The van der Waals surface area contributed by atoms with Crippen molar-refractivity contribution >= 4 is 5.96 Å². The number of hydrogen-bond acceptors (Lipinski definition) is 3. The Kier molecular flexibility index (Phi) is 6.77. The van der Waals surface area contributed by atoms with E-state index in [9.17, 15) is 4.39 Å². The predicted octanol–water partition coefficient (Wildman–Crippen LogP) is 2.48. The number of aromatic nitrogens is 1. The number of halogens is 1. The fourth-order valence-electron chi connectivity index (χ4n) is 2.81. The number of nitrogens with one attached hydrogen (secondary N) is 2. The van der Waals surface area contributed by atoms with E-state index in [4.69, 9.17) is 4.74 Å². The van der Waals surface area contributed by atoms with Gasteiger partial charge in [-0.15, -0.1) is 0 Å². The van der Waals surface area contributed by atoms with E-state index < -0.39 is 0 Å². The third-order valence-corrected chi connectivity index (χ3v) is 4.45. The third-order valence-electron chi connectivity index (χ3n) is 4.45. The number of guanidine groups is 1. The summed E-state index contributed by atoms with van der Waals surface area (Å²) in [6, 6.07) is 2.99. The molecule has 128 valence electrons. The first-order valence-electron chi connectivity index (χ1n) is 8.29. The molecule has 0 spiro atoms. The Morgan fingerprint density at radius 1 is 1.43 bits per heavy atom. The van der Waals surface area contributed by atoms with Gasteiger partial charge in [-0.2, -0.15) is 0 Å². The molecule has 1 aliphatic rings. The van der Waals surface area contributed by atoms with E-state index in [1.165, 1.54) is 25.3 Å². The smallest absolute Gasteiger partial charge is 0.191 e. The number of aliphatic imine (C=N–C) groups is 1. The second-order valence-electron chi connectivity index (χ2n) is 6.08. The lowest BCUT2D eigenvalue weighted by molar-refractivity contribution is 0.0732. The molecule has 0 aliphatic heterocycles. The van der Waals surface area contributed by atoms with Crippen molar-refractivity contribution < 1.29 is 9.13 Å². The maximum Gasteiger partial charge on any atom is 0.191 e. The lowest BCUT2D eigenvalue weighted by atomic mass is 9.67. The van der Waals surface area contributed by atoms with E-state index in [2.05, 4.69) is 20.6 Å². The monoisotopic (exact) mass is 322 g/mol. The molecule has 1 aromatic rings. The van der Waals surface area contributed by atoms with Crippen LogP contribution in [0.4, 0.5) is 4.39 Å². The van der Waals surface area contributed by atoms with Gasteiger partial charge in [-0.25, -0.2) is 9.38 Å². The van der Waals surface area contributed by atoms with Gasteiger partial charge in [0, 0.05) is 33.0 Å². The molecule has 1 saturated carbocycles. The molecule has 0 bridgehead atoms. The summed E-state index contributed by atoms with van der Waals surface area (Å²) in [6.07, 6.45) is 6.36. The topological polar surface area (TPSA) is 58.5 Å². The van der Waals surface area contributed by atoms with Crippen molar-refractivity contribution in [2.24, 2.45) is 10.4 Å². The summed E-state index contributed by atoms with van der Waals surface area (Å²) < 4.78 is 18.8. The SMILES string of the molecule is CCNC(=NCc1ncccc1F)NCC1(CCOC)CCC1. The van der Waals surface area contributed by atoms with Crippen molar-refractivity contribution in [1.29, 1.82) is 0 Å². The highest BCUT2D eigenvalue weighted by atomic mass is 19.1. The summed E-state index contributed by atoms with van der Waals surface area (Å²) in [5.74, 6) is 0.393. The van der Waals surface area contributed by atoms with Crippen molar-refractivity contribution in [3.8, 4) is 0 Å². The third kappa shape index (κ3) is 5.16. The van der Waals surface area contributed by atoms with Gasteiger partial charge in [-0.3, -0.25) is 4.98 Å². The average molecular weight is 322 g/mol. The molecule has 0 amide bonds. The highest BCUT2D eigenvalue weighted by molar-refractivity contribution is 5.79. The normalized spacial score (nSPS) is 16.7. The largest absolute Gasteiger partial charge is 0.385 e. The van der Waals surface area contributed by atoms with Crippen LogP contribution in [-0.4, -0.2) is 37.7 Å². The number of pyridine rings is 1. The van der Waals surface area contributed by atoms with Gasteiger partial charge >= 0.3 is 0 Å². The Bertz CT molecular complexity index is 517. The number of hydrogen-bond donors (Lipinski definition) is 2. The second-order valence-corrected chi connectivity index (χ2v) is 6.08. The minimum atomic E-state index is -0.317. The molecule has 2 N–H and O–H groups in total. The summed E-state index contributed by atoms with van der Waals surface area (Å²) in [4.78, 5) is 8.48. The van der Waals surface area contributed by atoms with Crippen molar-refractivity contribution in [2.75, 3.05) is 26.8 Å². The molecule has 1 aliphatic carbocycles. The van der Waals surface area contributed by atoms with Gasteiger partial charge in [0.1, 0.15) is 5.82 Å². The number of nitrogens with zero attached hydrogens (tertiary/aromatic N) is 2. The molecule has 1 fully saturated rings. The Hall–Kier alpha value is -1.69. The van der Waals surface area contributed by atoms with Crippen LogP contribution in [0.1, 0.15) is 38.3 Å². The van der Waals surface area contributed by atoms with Gasteiger partial charge < -0.3 is 15.4 Å². The number of rotatable bonds is 8. The van der Waals surface area contributed by atoms with E-state index in [-0.39, 0.29) is 12.4 Å². The van der Waals surface area contributed by atoms with Crippen LogP contribution in [0.5, 0.6) is 0 Å². The maximum atomic E-state index is 13.6. The van der Waals surface area contributed by atoms with Gasteiger partial charge in [-0.1, -0.05) is 6.42 Å². The second kappa shape index (κ2) is 8.82. The van der Waals surface area contributed by atoms with Gasteiger partial charge in [0.05, 0.1) is 12.2 Å². The van der Waals surface area contributed by atoms with Crippen LogP contribution in [0.15, 0.2) is 23.3 Å². The fourth-order valence-corrected chi connectivity index (χ4v) is 2.81. The van der Waals surface area contributed by atoms with Gasteiger partial charge in [0.2, 0.25) is 0 Å². The Labute approximate surface area is 137 Å². The van der Waals surface area contributed by atoms with Crippen LogP contribution in [0.3, 0.4) is 0 Å². The molecule has 6 heteroatoms. The summed E-state index contributed by atoms with van der Waals surface area (Å²) in [5.41, 5.74) is 0.671. The molecule has 2 rings (SSSR count). The van der Waals surface area contributed by atoms with Gasteiger partial charge in [0.25, 0.3) is 0 Å². The molecular formula is C17H27FN4O. The standard InChI is InChI=1S/C17H27FN4O/c1-3-19-16(21-12-15-14(18)6-4-10-20-15)22-13-17(7-5-8-17)9-11-23-2/h4,6,10H,3,5,7-9,11-13H2,1-2H3,(H2,19,21,22). The van der Waals surface area contributed by atoms with Crippen molar-refractivity contribution in [3.63, 3.8) is 0 Å². The molecule has 0 saturated heterocycles. The van der Waals surface area contributed by atoms with Crippen molar-refractivity contribution in [3.05, 3.63) is 29.8 Å². The summed E-state index contributed by atoms with van der Waals surface area (Å²) >= 11 is 0. The molecule has 23 heavy (non-hydrogen) atoms. The number of methoxy groups -OCH3 is 1. The molecule has 1 heterocycles. The molecule has 0 atom stereocenters. The molecule has 1 aromatic heterocycles. The van der Waals surface area contributed by atoms with Crippen molar-refractivity contribution in [1.82, 2.24) is 15.6 Å². The lowest BCUT2D eigenvalue weighted by Gasteiger charge is -2.42. The predicted molar refractivity (Wildman–Crippen MR) is 89.8 cm³/mol. The van der Waals surface area contributed by atoms with E-state index in [1.54, 1.807) is 19.4 Å². The minimum Gasteiger partial charge on any atom is -0.385 e. The Morgan fingerprint density at radius 2 is 2.26 bits per heavy atom. The van der Waals surface area contributed by atoms with E-state index in [1.807, 2.05) is 6.92 Å². The van der Waals surface area contributed by atoms with Gasteiger partial charge in [-0.05, 0) is 43.7 Å². The van der Waals surface area contributed by atoms with Crippen LogP contribution >= 0.6 is 0 Å². The zero-order chi connectivity index (χ0) is 16.5. The van der Waals surface area contributed by atoms with Crippen molar-refractivity contribution in [2.45, 2.75) is 39.2 Å². The summed E-state index contributed by atoms with van der Waals surface area (Å²) in [5, 5.41) is 6.60.